The van der Waals surface area contributed by atoms with Gasteiger partial charge in [0.25, 0.3) is 0 Å². The van der Waals surface area contributed by atoms with E-state index in [9.17, 15) is 9.59 Å². The molecule has 0 aromatic carbocycles. The van der Waals surface area contributed by atoms with E-state index in [4.69, 9.17) is 9.84 Å². The second-order valence-electron chi connectivity index (χ2n) is 4.15. The van der Waals surface area contributed by atoms with Crippen molar-refractivity contribution in [2.24, 2.45) is 0 Å². The number of methoxy groups -OCH3 is 1. The van der Waals surface area contributed by atoms with Gasteiger partial charge in [-0.3, -0.25) is 15.0 Å². The zero-order valence-electron chi connectivity index (χ0n) is 11.8. The first-order chi connectivity index (χ1) is 9.13. The first-order valence-corrected chi connectivity index (χ1v) is 6.53. The van der Waals surface area contributed by atoms with Gasteiger partial charge in [0.2, 0.25) is 5.91 Å². The van der Waals surface area contributed by atoms with Crippen molar-refractivity contribution in [1.82, 2.24) is 15.5 Å². The molecule has 19 heavy (non-hydrogen) atoms. The van der Waals surface area contributed by atoms with Crippen LogP contribution in [0, 0.1) is 0 Å². The molecule has 0 unspecified atom stereocenters. The number of aliphatic hydroxyl groups is 1. The van der Waals surface area contributed by atoms with Crippen molar-refractivity contribution in [2.45, 2.75) is 19.8 Å². The summed E-state index contributed by atoms with van der Waals surface area (Å²) in [5.74, 6) is -0.375. The van der Waals surface area contributed by atoms with Gasteiger partial charge in [-0.25, -0.2) is 4.79 Å². The molecule has 0 bridgehead atoms. The number of rotatable bonds is 10. The van der Waals surface area contributed by atoms with Crippen molar-refractivity contribution >= 4 is 11.9 Å². The van der Waals surface area contributed by atoms with Gasteiger partial charge in [0.1, 0.15) is 0 Å². The lowest BCUT2D eigenvalue weighted by Gasteiger charge is -2.20. The second-order valence-corrected chi connectivity index (χ2v) is 4.15. The van der Waals surface area contributed by atoms with Crippen LogP contribution < -0.4 is 10.6 Å². The molecule has 0 heterocycles. The van der Waals surface area contributed by atoms with Gasteiger partial charge in [0, 0.05) is 20.2 Å². The first-order valence-electron chi connectivity index (χ1n) is 6.53. The number of urea groups is 1. The predicted molar refractivity (Wildman–Crippen MR) is 71.9 cm³/mol. The monoisotopic (exact) mass is 275 g/mol. The molecule has 0 spiro atoms. The summed E-state index contributed by atoms with van der Waals surface area (Å²) in [6, 6.07) is -0.526. The van der Waals surface area contributed by atoms with Crippen LogP contribution >= 0.6 is 0 Å². The van der Waals surface area contributed by atoms with Crippen LogP contribution in [0.1, 0.15) is 19.8 Å². The third-order valence-electron chi connectivity index (χ3n) is 2.46. The van der Waals surface area contributed by atoms with Gasteiger partial charge in [-0.05, 0) is 13.0 Å². The molecule has 112 valence electrons. The molecule has 0 fully saturated rings. The van der Waals surface area contributed by atoms with Crippen LogP contribution in [0.15, 0.2) is 0 Å². The Hall–Kier alpha value is -1.18. The Kier molecular flexibility index (Phi) is 11.1. The minimum atomic E-state index is -0.526. The standard InChI is InChI=1S/C12H25N3O4/c1-3-4-6-15(7-8-16)10-11(17)14-12(18)13-5-9-19-2/h16H,3-10H2,1-2H3,(H2,13,14,17,18). The number of nitrogens with one attached hydrogen (secondary N) is 2. The van der Waals surface area contributed by atoms with Crippen LogP contribution in [0.5, 0.6) is 0 Å². The SMILES string of the molecule is CCCCN(CCO)CC(=O)NC(=O)NCCOC. The Morgan fingerprint density at radius 3 is 2.63 bits per heavy atom. The molecule has 0 aromatic rings. The maximum Gasteiger partial charge on any atom is 0.321 e. The summed E-state index contributed by atoms with van der Waals surface area (Å²) < 4.78 is 4.77. The van der Waals surface area contributed by atoms with Gasteiger partial charge in [-0.1, -0.05) is 13.3 Å². The van der Waals surface area contributed by atoms with E-state index < -0.39 is 6.03 Å². The molecule has 3 amide bonds. The zero-order valence-corrected chi connectivity index (χ0v) is 11.8. The summed E-state index contributed by atoms with van der Waals surface area (Å²) in [4.78, 5) is 24.7. The number of carbonyl (C=O) groups is 2. The van der Waals surface area contributed by atoms with Crippen molar-refractivity contribution in [1.29, 1.82) is 0 Å². The second kappa shape index (κ2) is 11.9. The van der Waals surface area contributed by atoms with Gasteiger partial charge in [0.05, 0.1) is 19.8 Å². The number of imide groups is 1. The fraction of sp³-hybridized carbons (Fsp3) is 0.833. The predicted octanol–water partition coefficient (Wildman–Crippen LogP) is -0.447. The number of nitrogens with zero attached hydrogens (tertiary/aromatic N) is 1. The Morgan fingerprint density at radius 1 is 1.32 bits per heavy atom. The maximum atomic E-state index is 11.6. The van der Waals surface area contributed by atoms with E-state index in [1.165, 1.54) is 7.11 Å². The maximum absolute atomic E-state index is 11.6. The molecule has 0 rings (SSSR count). The molecular weight excluding hydrogens is 250 g/mol. The average molecular weight is 275 g/mol. The lowest BCUT2D eigenvalue weighted by Crippen LogP contribution is -2.45. The summed E-state index contributed by atoms with van der Waals surface area (Å²) in [6.45, 7) is 4.07. The van der Waals surface area contributed by atoms with Crippen molar-refractivity contribution in [2.75, 3.05) is 46.5 Å². The van der Waals surface area contributed by atoms with Gasteiger partial charge >= 0.3 is 6.03 Å². The molecule has 0 saturated heterocycles. The van der Waals surface area contributed by atoms with Gasteiger partial charge in [-0.2, -0.15) is 0 Å². The summed E-state index contributed by atoms with van der Waals surface area (Å²) in [6.07, 6.45) is 1.97. The molecular formula is C12H25N3O4. The van der Waals surface area contributed by atoms with E-state index in [1.807, 2.05) is 4.90 Å². The van der Waals surface area contributed by atoms with Crippen molar-refractivity contribution in [3.8, 4) is 0 Å². The largest absolute Gasteiger partial charge is 0.395 e. The molecule has 0 aromatic heterocycles. The summed E-state index contributed by atoms with van der Waals surface area (Å²) >= 11 is 0. The average Bonchev–Trinajstić information content (AvgIpc) is 2.36. The van der Waals surface area contributed by atoms with Crippen molar-refractivity contribution in [3.63, 3.8) is 0 Å². The molecule has 0 aliphatic carbocycles. The third-order valence-corrected chi connectivity index (χ3v) is 2.46. The number of ether oxygens (including phenoxy) is 1. The first kappa shape index (κ1) is 17.8. The summed E-state index contributed by atoms with van der Waals surface area (Å²) in [5, 5.41) is 13.6. The van der Waals surface area contributed by atoms with Crippen molar-refractivity contribution < 1.29 is 19.4 Å². The van der Waals surface area contributed by atoms with E-state index in [0.29, 0.717) is 19.7 Å². The summed E-state index contributed by atoms with van der Waals surface area (Å²) in [7, 11) is 1.53. The van der Waals surface area contributed by atoms with Crippen molar-refractivity contribution in [3.05, 3.63) is 0 Å². The summed E-state index contributed by atoms with van der Waals surface area (Å²) in [5.41, 5.74) is 0. The molecule has 3 N–H and O–H groups in total. The van der Waals surface area contributed by atoms with Gasteiger partial charge in [0.15, 0.2) is 0 Å². The van der Waals surface area contributed by atoms with Crippen LogP contribution in [0.25, 0.3) is 0 Å². The fourth-order valence-electron chi connectivity index (χ4n) is 1.47. The molecule has 7 heteroatoms. The van der Waals surface area contributed by atoms with Crippen LogP contribution in [0.2, 0.25) is 0 Å². The van der Waals surface area contributed by atoms with E-state index >= 15 is 0 Å². The minimum Gasteiger partial charge on any atom is -0.395 e. The Morgan fingerprint density at radius 2 is 2.05 bits per heavy atom. The van der Waals surface area contributed by atoms with E-state index in [2.05, 4.69) is 17.6 Å². The van der Waals surface area contributed by atoms with Gasteiger partial charge < -0.3 is 15.2 Å². The van der Waals surface area contributed by atoms with Crippen LogP contribution in [0.3, 0.4) is 0 Å². The Bertz CT molecular complexity index is 261. The van der Waals surface area contributed by atoms with Gasteiger partial charge in [-0.15, -0.1) is 0 Å². The highest BCUT2D eigenvalue weighted by molar-refractivity contribution is 5.95. The molecule has 0 atom stereocenters. The number of unbranched alkanes of at least 4 members (excludes halogenated alkanes) is 1. The highest BCUT2D eigenvalue weighted by Gasteiger charge is 2.12. The normalized spacial score (nSPS) is 10.5. The van der Waals surface area contributed by atoms with Crippen LogP contribution in [-0.4, -0.2) is 68.4 Å². The van der Waals surface area contributed by atoms with Crippen LogP contribution in [-0.2, 0) is 9.53 Å². The number of hydrogen-bond donors (Lipinski definition) is 3. The Balaban J connectivity index is 3.93. The third kappa shape index (κ3) is 10.4. The number of amides is 3. The van der Waals surface area contributed by atoms with E-state index in [0.717, 1.165) is 19.4 Å². The lowest BCUT2D eigenvalue weighted by atomic mass is 10.3. The topological polar surface area (TPSA) is 90.9 Å². The number of hydrogen-bond acceptors (Lipinski definition) is 5. The fourth-order valence-corrected chi connectivity index (χ4v) is 1.47. The van der Waals surface area contributed by atoms with E-state index in [1.54, 1.807) is 0 Å². The number of aliphatic hydroxyl groups excluding tert-OH is 1. The highest BCUT2D eigenvalue weighted by atomic mass is 16.5. The minimum absolute atomic E-state index is 0.00295. The van der Waals surface area contributed by atoms with Crippen LogP contribution in [0.4, 0.5) is 4.79 Å². The molecule has 0 aliphatic heterocycles. The Labute approximate surface area is 114 Å². The highest BCUT2D eigenvalue weighted by Crippen LogP contribution is 1.94. The quantitative estimate of drug-likeness (QED) is 0.470. The molecule has 0 saturated carbocycles. The van der Waals surface area contributed by atoms with E-state index in [-0.39, 0.29) is 19.1 Å². The lowest BCUT2D eigenvalue weighted by molar-refractivity contribution is -0.121. The molecule has 7 nitrogen and oxygen atoms in total. The smallest absolute Gasteiger partial charge is 0.321 e. The zero-order chi connectivity index (χ0) is 14.5. The molecule has 0 aliphatic rings. The number of carbonyl (C=O) groups excluding carboxylic acids is 2. The molecule has 0 radical (unpaired) electrons.